The molecule has 0 bridgehead atoms. The Morgan fingerprint density at radius 3 is 1.46 bits per heavy atom. The van der Waals surface area contributed by atoms with Gasteiger partial charge in [-0.15, -0.1) is 0 Å². The molecule has 24 heavy (non-hydrogen) atoms. The Kier molecular flexibility index (Phi) is 4.08. The van der Waals surface area contributed by atoms with Crippen LogP contribution in [0.25, 0.3) is 0 Å². The van der Waals surface area contributed by atoms with E-state index in [0.29, 0.717) is 23.5 Å². The Morgan fingerprint density at radius 2 is 1.00 bits per heavy atom. The van der Waals surface area contributed by atoms with Crippen molar-refractivity contribution in [1.82, 2.24) is 0 Å². The average Bonchev–Trinajstić information content (AvgIpc) is 3.09. The van der Waals surface area contributed by atoms with Crippen LogP contribution in [0.3, 0.4) is 0 Å². The minimum Gasteiger partial charge on any atom is -0.508 e. The third kappa shape index (κ3) is 2.94. The van der Waals surface area contributed by atoms with E-state index in [1.54, 1.807) is 0 Å². The third-order valence-corrected chi connectivity index (χ3v) is 5.38. The van der Waals surface area contributed by atoms with Crippen molar-refractivity contribution in [2.24, 2.45) is 0 Å². The molecule has 1 N–H and O–H groups in total. The van der Waals surface area contributed by atoms with Crippen molar-refractivity contribution in [2.45, 2.75) is 30.6 Å². The Balaban J connectivity index is 1.68. The van der Waals surface area contributed by atoms with E-state index in [9.17, 15) is 5.11 Å². The van der Waals surface area contributed by atoms with E-state index in [1.165, 1.54) is 16.7 Å². The summed E-state index contributed by atoms with van der Waals surface area (Å²) in [5.74, 6) is 1.98. The topological polar surface area (TPSA) is 20.2 Å². The van der Waals surface area contributed by atoms with Crippen molar-refractivity contribution >= 4 is 0 Å². The van der Waals surface area contributed by atoms with Crippen LogP contribution < -0.4 is 0 Å². The van der Waals surface area contributed by atoms with Gasteiger partial charge in [0, 0.05) is 0 Å². The summed E-state index contributed by atoms with van der Waals surface area (Å²) >= 11 is 0. The van der Waals surface area contributed by atoms with Gasteiger partial charge in [0.2, 0.25) is 0 Å². The minimum atomic E-state index is 0.343. The molecule has 0 heterocycles. The zero-order valence-electron chi connectivity index (χ0n) is 13.7. The molecule has 1 fully saturated rings. The van der Waals surface area contributed by atoms with Crippen LogP contribution in [-0.4, -0.2) is 5.11 Å². The first-order valence-electron chi connectivity index (χ1n) is 8.70. The molecule has 3 aromatic rings. The van der Waals surface area contributed by atoms with Crippen molar-refractivity contribution in [3.63, 3.8) is 0 Å². The van der Waals surface area contributed by atoms with Gasteiger partial charge in [-0.2, -0.15) is 0 Å². The second-order valence-corrected chi connectivity index (χ2v) is 6.79. The predicted molar refractivity (Wildman–Crippen MR) is 98.4 cm³/mol. The summed E-state index contributed by atoms with van der Waals surface area (Å²) < 4.78 is 0. The summed E-state index contributed by atoms with van der Waals surface area (Å²) in [6.45, 7) is 0. The van der Waals surface area contributed by atoms with Crippen molar-refractivity contribution in [2.75, 3.05) is 0 Å². The molecule has 0 amide bonds. The lowest BCUT2D eigenvalue weighted by atomic mass is 9.84. The quantitative estimate of drug-likeness (QED) is 0.644. The van der Waals surface area contributed by atoms with Crippen LogP contribution in [0.2, 0.25) is 0 Å². The summed E-state index contributed by atoms with van der Waals surface area (Å²) in [6, 6.07) is 29.6. The second-order valence-electron chi connectivity index (χ2n) is 6.79. The molecule has 3 aromatic carbocycles. The van der Waals surface area contributed by atoms with Gasteiger partial charge in [-0.05, 0) is 59.4 Å². The van der Waals surface area contributed by atoms with Gasteiger partial charge >= 0.3 is 0 Å². The number of phenols is 1. The summed E-state index contributed by atoms with van der Waals surface area (Å²) in [4.78, 5) is 0. The smallest absolute Gasteiger partial charge is 0.115 e. The molecular formula is C23H22O. The van der Waals surface area contributed by atoms with Crippen LogP contribution in [0.15, 0.2) is 84.9 Å². The highest BCUT2D eigenvalue weighted by Gasteiger charge is 2.36. The molecule has 2 atom stereocenters. The van der Waals surface area contributed by atoms with E-state index in [2.05, 4.69) is 72.8 Å². The van der Waals surface area contributed by atoms with Gasteiger partial charge in [0.05, 0.1) is 0 Å². The molecule has 0 saturated heterocycles. The maximum absolute atomic E-state index is 9.56. The number of hydrogen-bond acceptors (Lipinski definition) is 1. The maximum atomic E-state index is 9.56. The Hall–Kier alpha value is -2.54. The van der Waals surface area contributed by atoms with Gasteiger partial charge in [0.1, 0.15) is 5.75 Å². The van der Waals surface area contributed by atoms with Gasteiger partial charge in [-0.3, -0.25) is 0 Å². The molecule has 0 spiro atoms. The molecule has 4 rings (SSSR count). The second kappa shape index (κ2) is 6.52. The molecule has 0 aromatic heterocycles. The average molecular weight is 314 g/mol. The zero-order chi connectivity index (χ0) is 16.4. The van der Waals surface area contributed by atoms with Gasteiger partial charge in [-0.25, -0.2) is 0 Å². The molecule has 120 valence electrons. The van der Waals surface area contributed by atoms with E-state index < -0.39 is 0 Å². The minimum absolute atomic E-state index is 0.343. The summed E-state index contributed by atoms with van der Waals surface area (Å²) in [5.41, 5.74) is 4.22. The van der Waals surface area contributed by atoms with Gasteiger partial charge in [0.25, 0.3) is 0 Å². The Morgan fingerprint density at radius 1 is 0.542 bits per heavy atom. The fourth-order valence-corrected chi connectivity index (χ4v) is 4.19. The molecule has 0 radical (unpaired) electrons. The maximum Gasteiger partial charge on any atom is 0.115 e. The lowest BCUT2D eigenvalue weighted by molar-refractivity contribution is 0.475. The van der Waals surface area contributed by atoms with Crippen LogP contribution in [0.1, 0.15) is 47.3 Å². The first kappa shape index (κ1) is 15.0. The number of rotatable bonds is 3. The molecule has 1 aliphatic rings. The van der Waals surface area contributed by atoms with E-state index >= 15 is 0 Å². The highest BCUT2D eigenvalue weighted by atomic mass is 16.3. The van der Waals surface area contributed by atoms with Crippen LogP contribution in [0, 0.1) is 0 Å². The number of aromatic hydroxyl groups is 1. The molecular weight excluding hydrogens is 292 g/mol. The van der Waals surface area contributed by atoms with Gasteiger partial charge in [-0.1, -0.05) is 72.8 Å². The normalized spacial score (nSPS) is 23.2. The molecule has 1 aliphatic carbocycles. The monoisotopic (exact) mass is 314 g/mol. The molecule has 2 unspecified atom stereocenters. The molecule has 1 nitrogen and oxygen atoms in total. The highest BCUT2D eigenvalue weighted by molar-refractivity contribution is 5.35. The zero-order valence-corrected chi connectivity index (χ0v) is 13.7. The predicted octanol–water partition coefficient (Wildman–Crippen LogP) is 5.84. The van der Waals surface area contributed by atoms with Crippen molar-refractivity contribution in [3.05, 3.63) is 102 Å². The lowest BCUT2D eigenvalue weighted by Crippen LogP contribution is -2.04. The summed E-state index contributed by atoms with van der Waals surface area (Å²) in [5, 5.41) is 9.56. The summed E-state index contributed by atoms with van der Waals surface area (Å²) in [7, 11) is 0. The van der Waals surface area contributed by atoms with Crippen molar-refractivity contribution in [3.8, 4) is 5.75 Å². The fourth-order valence-electron chi connectivity index (χ4n) is 4.19. The van der Waals surface area contributed by atoms with Crippen molar-refractivity contribution < 1.29 is 5.11 Å². The van der Waals surface area contributed by atoms with E-state index in [1.807, 2.05) is 12.1 Å². The van der Waals surface area contributed by atoms with Crippen LogP contribution in [0.5, 0.6) is 5.75 Å². The van der Waals surface area contributed by atoms with E-state index in [4.69, 9.17) is 0 Å². The number of phenolic OH excluding ortho intramolecular Hbond substituents is 1. The van der Waals surface area contributed by atoms with Crippen LogP contribution in [-0.2, 0) is 0 Å². The first-order chi connectivity index (χ1) is 11.8. The van der Waals surface area contributed by atoms with Crippen LogP contribution >= 0.6 is 0 Å². The first-order valence-corrected chi connectivity index (χ1v) is 8.70. The molecule has 1 saturated carbocycles. The molecule has 0 aliphatic heterocycles. The highest BCUT2D eigenvalue weighted by Crippen LogP contribution is 2.52. The largest absolute Gasteiger partial charge is 0.508 e. The number of hydrogen-bond donors (Lipinski definition) is 1. The Labute approximate surface area is 143 Å². The van der Waals surface area contributed by atoms with Crippen LogP contribution in [0.4, 0.5) is 0 Å². The van der Waals surface area contributed by atoms with E-state index in [-0.39, 0.29) is 0 Å². The fraction of sp³-hybridized carbons (Fsp3) is 0.217. The molecule has 1 heteroatoms. The van der Waals surface area contributed by atoms with Gasteiger partial charge < -0.3 is 5.11 Å². The van der Waals surface area contributed by atoms with Crippen molar-refractivity contribution in [1.29, 1.82) is 0 Å². The van der Waals surface area contributed by atoms with E-state index in [0.717, 1.165) is 12.8 Å². The summed E-state index contributed by atoms with van der Waals surface area (Å²) in [6.07, 6.45) is 2.32. The third-order valence-electron chi connectivity index (χ3n) is 5.38. The SMILES string of the molecule is Oc1ccc(C2CC(c3ccccc3)C(c3ccccc3)C2)cc1. The number of benzene rings is 3. The standard InChI is InChI=1S/C23H22O/c24-21-13-11-17(12-14-21)20-15-22(18-7-3-1-4-8-18)23(16-20)19-9-5-2-6-10-19/h1-14,20,22-24H,15-16H2. The van der Waals surface area contributed by atoms with Gasteiger partial charge in [0.15, 0.2) is 0 Å². The Bertz CT molecular complexity index is 730. The lowest BCUT2D eigenvalue weighted by Gasteiger charge is -2.20.